The molecule has 1 amide bonds. The molecule has 0 saturated heterocycles. The van der Waals surface area contributed by atoms with E-state index < -0.39 is 17.2 Å². The van der Waals surface area contributed by atoms with E-state index in [9.17, 15) is 14.0 Å². The molecule has 4 aromatic rings. The third-order valence-electron chi connectivity index (χ3n) is 4.67. The Morgan fingerprint density at radius 1 is 1.04 bits per heavy atom. The van der Waals surface area contributed by atoms with E-state index >= 15 is 0 Å². The number of anilines is 1. The van der Waals surface area contributed by atoms with Crippen LogP contribution in [0.15, 0.2) is 71.7 Å². The van der Waals surface area contributed by atoms with Gasteiger partial charge in [-0.2, -0.15) is 0 Å². The van der Waals surface area contributed by atoms with Gasteiger partial charge in [-0.05, 0) is 36.6 Å². The molecule has 0 fully saturated rings. The molecule has 4 nitrogen and oxygen atoms in total. The van der Waals surface area contributed by atoms with Crippen molar-refractivity contribution in [3.8, 4) is 0 Å². The van der Waals surface area contributed by atoms with Gasteiger partial charge in [0.15, 0.2) is 0 Å². The van der Waals surface area contributed by atoms with Crippen molar-refractivity contribution in [3.05, 3.63) is 88.5 Å². The van der Waals surface area contributed by atoms with Gasteiger partial charge in [-0.1, -0.05) is 36.4 Å². The van der Waals surface area contributed by atoms with Gasteiger partial charge in [-0.3, -0.25) is 9.59 Å². The molecule has 0 aliphatic rings. The summed E-state index contributed by atoms with van der Waals surface area (Å²) in [5.74, 6) is -1.02. The van der Waals surface area contributed by atoms with Crippen molar-refractivity contribution in [2.75, 3.05) is 5.32 Å². The molecule has 0 unspecified atom stereocenters. The van der Waals surface area contributed by atoms with Crippen LogP contribution >= 0.6 is 0 Å². The number of carbonyl (C=O) groups is 1. The van der Waals surface area contributed by atoms with Crippen LogP contribution in [0.4, 0.5) is 10.1 Å². The first-order chi connectivity index (χ1) is 13.1. The Hall–Kier alpha value is -3.47. The summed E-state index contributed by atoms with van der Waals surface area (Å²) in [6, 6.07) is 17.3. The molecular weight excluding hydrogens is 343 g/mol. The van der Waals surface area contributed by atoms with Crippen molar-refractivity contribution >= 4 is 33.3 Å². The number of halogens is 1. The van der Waals surface area contributed by atoms with Crippen LogP contribution in [-0.2, 0) is 6.54 Å². The first kappa shape index (κ1) is 17.0. The monoisotopic (exact) mass is 360 g/mol. The lowest BCUT2D eigenvalue weighted by Crippen LogP contribution is -2.24. The number of pyridine rings is 1. The summed E-state index contributed by atoms with van der Waals surface area (Å²) in [6.45, 7) is 2.45. The third-order valence-corrected chi connectivity index (χ3v) is 4.67. The standard InChI is InChI=1S/C22H17FN2O2/c1-2-25-13-18(21(26)17-12-15(23)10-11-20(17)25)22(27)24-19-9-5-7-14-6-3-4-8-16(14)19/h3-13H,2H2,1H3,(H,24,27). The van der Waals surface area contributed by atoms with Crippen molar-refractivity contribution in [3.63, 3.8) is 0 Å². The highest BCUT2D eigenvalue weighted by molar-refractivity contribution is 6.10. The second kappa shape index (κ2) is 6.68. The topological polar surface area (TPSA) is 51.1 Å². The first-order valence-corrected chi connectivity index (χ1v) is 8.70. The lowest BCUT2D eigenvalue weighted by molar-refractivity contribution is 0.102. The van der Waals surface area contributed by atoms with E-state index in [0.29, 0.717) is 17.7 Å². The van der Waals surface area contributed by atoms with Gasteiger partial charge in [-0.15, -0.1) is 0 Å². The van der Waals surface area contributed by atoms with Gasteiger partial charge in [-0.25, -0.2) is 4.39 Å². The van der Waals surface area contributed by atoms with E-state index in [0.717, 1.165) is 10.8 Å². The molecule has 5 heteroatoms. The number of hydrogen-bond donors (Lipinski definition) is 1. The minimum Gasteiger partial charge on any atom is -0.347 e. The summed E-state index contributed by atoms with van der Waals surface area (Å²) in [5, 5.41) is 4.90. The summed E-state index contributed by atoms with van der Waals surface area (Å²) in [6.07, 6.45) is 1.53. The van der Waals surface area contributed by atoms with Crippen molar-refractivity contribution in [1.82, 2.24) is 4.57 Å². The highest BCUT2D eigenvalue weighted by Crippen LogP contribution is 2.23. The molecule has 4 rings (SSSR count). The lowest BCUT2D eigenvalue weighted by atomic mass is 10.1. The smallest absolute Gasteiger partial charge is 0.261 e. The Morgan fingerprint density at radius 3 is 2.63 bits per heavy atom. The molecule has 0 aliphatic heterocycles. The molecule has 3 aromatic carbocycles. The quantitative estimate of drug-likeness (QED) is 0.582. The second-order valence-electron chi connectivity index (χ2n) is 6.30. The molecule has 0 aliphatic carbocycles. The summed E-state index contributed by atoms with van der Waals surface area (Å²) in [4.78, 5) is 25.7. The van der Waals surface area contributed by atoms with Gasteiger partial charge in [0, 0.05) is 29.2 Å². The molecule has 0 atom stereocenters. The second-order valence-corrected chi connectivity index (χ2v) is 6.30. The fraction of sp³-hybridized carbons (Fsp3) is 0.0909. The van der Waals surface area contributed by atoms with Gasteiger partial charge in [0.1, 0.15) is 11.4 Å². The number of nitrogens with one attached hydrogen (secondary N) is 1. The van der Waals surface area contributed by atoms with Crippen LogP contribution < -0.4 is 10.7 Å². The molecule has 1 N–H and O–H groups in total. The third kappa shape index (κ3) is 2.97. The van der Waals surface area contributed by atoms with Crippen LogP contribution in [0, 0.1) is 5.82 Å². The van der Waals surface area contributed by atoms with Crippen LogP contribution in [0.2, 0.25) is 0 Å². The lowest BCUT2D eigenvalue weighted by Gasteiger charge is -2.13. The predicted molar refractivity (Wildman–Crippen MR) is 106 cm³/mol. The van der Waals surface area contributed by atoms with E-state index in [1.807, 2.05) is 43.3 Å². The van der Waals surface area contributed by atoms with E-state index in [-0.39, 0.29) is 10.9 Å². The summed E-state index contributed by atoms with van der Waals surface area (Å²) in [5.41, 5.74) is 0.736. The zero-order chi connectivity index (χ0) is 19.0. The number of amides is 1. The number of aromatic nitrogens is 1. The average molecular weight is 360 g/mol. The van der Waals surface area contributed by atoms with Crippen LogP contribution in [0.3, 0.4) is 0 Å². The van der Waals surface area contributed by atoms with Crippen LogP contribution in [-0.4, -0.2) is 10.5 Å². The van der Waals surface area contributed by atoms with Gasteiger partial charge in [0.25, 0.3) is 5.91 Å². The maximum Gasteiger partial charge on any atom is 0.261 e. The number of carbonyl (C=O) groups excluding carboxylic acids is 1. The molecule has 0 spiro atoms. The minimum atomic E-state index is -0.510. The molecule has 0 saturated carbocycles. The SMILES string of the molecule is CCn1cc(C(=O)Nc2cccc3ccccc23)c(=O)c2cc(F)ccc21. The molecule has 1 aromatic heterocycles. The van der Waals surface area contributed by atoms with E-state index in [2.05, 4.69) is 5.32 Å². The Balaban J connectivity index is 1.83. The normalized spacial score (nSPS) is 11.0. The van der Waals surface area contributed by atoms with Crippen LogP contribution in [0.1, 0.15) is 17.3 Å². The van der Waals surface area contributed by atoms with E-state index in [4.69, 9.17) is 0 Å². The van der Waals surface area contributed by atoms with E-state index in [1.165, 1.54) is 18.3 Å². The fourth-order valence-electron chi connectivity index (χ4n) is 3.32. The van der Waals surface area contributed by atoms with Gasteiger partial charge < -0.3 is 9.88 Å². The van der Waals surface area contributed by atoms with Gasteiger partial charge in [0.05, 0.1) is 5.52 Å². The van der Waals surface area contributed by atoms with Crippen LogP contribution in [0.5, 0.6) is 0 Å². The average Bonchev–Trinajstić information content (AvgIpc) is 2.69. The van der Waals surface area contributed by atoms with Gasteiger partial charge in [0.2, 0.25) is 5.43 Å². The molecule has 1 heterocycles. The minimum absolute atomic E-state index is 0.0112. The largest absolute Gasteiger partial charge is 0.347 e. The maximum absolute atomic E-state index is 13.7. The Bertz CT molecular complexity index is 1240. The van der Waals surface area contributed by atoms with Crippen molar-refractivity contribution in [2.24, 2.45) is 0 Å². The fourth-order valence-corrected chi connectivity index (χ4v) is 3.32. The van der Waals surface area contributed by atoms with Crippen molar-refractivity contribution in [2.45, 2.75) is 13.5 Å². The number of nitrogens with zero attached hydrogens (tertiary/aromatic N) is 1. The molecule has 0 bridgehead atoms. The Morgan fingerprint density at radius 2 is 1.81 bits per heavy atom. The molecule has 27 heavy (non-hydrogen) atoms. The number of aryl methyl sites for hydroxylation is 1. The summed E-state index contributed by atoms with van der Waals surface area (Å²) >= 11 is 0. The Kier molecular flexibility index (Phi) is 4.20. The molecular formula is C22H17FN2O2. The number of rotatable bonds is 3. The Labute approximate surface area is 154 Å². The number of fused-ring (bicyclic) bond motifs is 2. The summed E-state index contributed by atoms with van der Waals surface area (Å²) < 4.78 is 15.4. The number of hydrogen-bond acceptors (Lipinski definition) is 2. The highest BCUT2D eigenvalue weighted by Gasteiger charge is 2.16. The van der Waals surface area contributed by atoms with Crippen LogP contribution in [0.25, 0.3) is 21.7 Å². The van der Waals surface area contributed by atoms with Crippen molar-refractivity contribution < 1.29 is 9.18 Å². The first-order valence-electron chi connectivity index (χ1n) is 8.70. The maximum atomic E-state index is 13.7. The zero-order valence-corrected chi connectivity index (χ0v) is 14.7. The zero-order valence-electron chi connectivity index (χ0n) is 14.7. The summed E-state index contributed by atoms with van der Waals surface area (Å²) in [7, 11) is 0. The highest BCUT2D eigenvalue weighted by atomic mass is 19.1. The van der Waals surface area contributed by atoms with Crippen molar-refractivity contribution in [1.29, 1.82) is 0 Å². The predicted octanol–water partition coefficient (Wildman–Crippen LogP) is 4.57. The van der Waals surface area contributed by atoms with Gasteiger partial charge >= 0.3 is 0 Å². The van der Waals surface area contributed by atoms with E-state index in [1.54, 1.807) is 16.7 Å². The number of benzene rings is 3. The molecule has 0 radical (unpaired) electrons. The molecule has 134 valence electrons.